The number of para-hydroxylation sites is 1. The zero-order valence-electron chi connectivity index (χ0n) is 10.3. The Morgan fingerprint density at radius 3 is 2.75 bits per heavy atom. The number of nitrogens with one attached hydrogen (secondary N) is 1. The Balaban J connectivity index is 2.30. The zero-order chi connectivity index (χ0) is 14.5. The summed E-state index contributed by atoms with van der Waals surface area (Å²) >= 11 is 0. The van der Waals surface area contributed by atoms with Crippen molar-refractivity contribution in [1.82, 2.24) is 4.98 Å². The first-order valence-corrected chi connectivity index (χ1v) is 5.73. The largest absolute Gasteiger partial charge is 0.477 e. The molecule has 0 spiro atoms. The molecule has 0 saturated carbocycles. The molecule has 1 aromatic carbocycles. The maximum atomic E-state index is 11.0. The average molecular weight is 273 g/mol. The SMILES string of the molecule is O=C(O)c1cccc(NCc2cccnc2)c1[N+](=O)[O-]. The Morgan fingerprint density at radius 1 is 1.35 bits per heavy atom. The van der Waals surface area contributed by atoms with Crippen LogP contribution in [0, 0.1) is 10.1 Å². The Kier molecular flexibility index (Phi) is 3.90. The van der Waals surface area contributed by atoms with Crippen LogP contribution in [0.4, 0.5) is 11.4 Å². The average Bonchev–Trinajstić information content (AvgIpc) is 2.45. The number of hydrogen-bond acceptors (Lipinski definition) is 5. The molecule has 2 N–H and O–H groups in total. The van der Waals surface area contributed by atoms with Crippen molar-refractivity contribution >= 4 is 17.3 Å². The van der Waals surface area contributed by atoms with Crippen molar-refractivity contribution in [2.24, 2.45) is 0 Å². The number of nitrogens with zero attached hydrogens (tertiary/aromatic N) is 2. The van der Waals surface area contributed by atoms with E-state index in [0.29, 0.717) is 6.54 Å². The molecule has 2 rings (SSSR count). The minimum Gasteiger partial charge on any atom is -0.477 e. The summed E-state index contributed by atoms with van der Waals surface area (Å²) in [7, 11) is 0. The lowest BCUT2D eigenvalue weighted by Gasteiger charge is -2.08. The van der Waals surface area contributed by atoms with Crippen molar-refractivity contribution in [3.63, 3.8) is 0 Å². The van der Waals surface area contributed by atoms with Crippen molar-refractivity contribution < 1.29 is 14.8 Å². The first-order valence-electron chi connectivity index (χ1n) is 5.73. The fourth-order valence-electron chi connectivity index (χ4n) is 1.76. The molecular formula is C13H11N3O4. The summed E-state index contributed by atoms with van der Waals surface area (Å²) in [5, 5.41) is 22.9. The lowest BCUT2D eigenvalue weighted by atomic mass is 10.1. The van der Waals surface area contributed by atoms with Gasteiger partial charge in [-0.3, -0.25) is 15.1 Å². The Bertz CT molecular complexity index is 643. The second-order valence-electron chi connectivity index (χ2n) is 3.98. The van der Waals surface area contributed by atoms with E-state index < -0.39 is 16.6 Å². The topological polar surface area (TPSA) is 105 Å². The predicted octanol–water partition coefficient (Wildman–Crippen LogP) is 2.30. The zero-order valence-corrected chi connectivity index (χ0v) is 10.3. The number of nitro groups is 1. The van der Waals surface area contributed by atoms with Crippen LogP contribution in [0.1, 0.15) is 15.9 Å². The van der Waals surface area contributed by atoms with E-state index in [2.05, 4.69) is 10.3 Å². The molecule has 0 amide bonds. The van der Waals surface area contributed by atoms with Gasteiger partial charge in [0.25, 0.3) is 0 Å². The van der Waals surface area contributed by atoms with Gasteiger partial charge < -0.3 is 10.4 Å². The van der Waals surface area contributed by atoms with Crippen LogP contribution in [0.25, 0.3) is 0 Å². The van der Waals surface area contributed by atoms with E-state index in [9.17, 15) is 14.9 Å². The van der Waals surface area contributed by atoms with Gasteiger partial charge in [-0.25, -0.2) is 4.79 Å². The second kappa shape index (κ2) is 5.79. The predicted molar refractivity (Wildman–Crippen MR) is 71.6 cm³/mol. The highest BCUT2D eigenvalue weighted by Crippen LogP contribution is 2.28. The minimum atomic E-state index is -1.33. The first kappa shape index (κ1) is 13.5. The molecule has 1 heterocycles. The van der Waals surface area contributed by atoms with E-state index in [1.807, 2.05) is 6.07 Å². The van der Waals surface area contributed by atoms with Gasteiger partial charge in [0, 0.05) is 18.9 Å². The van der Waals surface area contributed by atoms with Gasteiger partial charge in [0.05, 0.1) is 4.92 Å². The number of carboxylic acids is 1. The molecule has 2 aromatic rings. The number of benzene rings is 1. The van der Waals surface area contributed by atoms with Crippen LogP contribution < -0.4 is 5.32 Å². The fourth-order valence-corrected chi connectivity index (χ4v) is 1.76. The molecule has 7 heteroatoms. The van der Waals surface area contributed by atoms with Crippen LogP contribution in [0.3, 0.4) is 0 Å². The molecule has 1 aromatic heterocycles. The van der Waals surface area contributed by atoms with Gasteiger partial charge in [0.15, 0.2) is 0 Å². The lowest BCUT2D eigenvalue weighted by Crippen LogP contribution is -2.08. The smallest absolute Gasteiger partial charge is 0.342 e. The molecule has 0 radical (unpaired) electrons. The highest BCUT2D eigenvalue weighted by Gasteiger charge is 2.23. The van der Waals surface area contributed by atoms with Crippen LogP contribution in [-0.2, 0) is 6.54 Å². The molecule has 0 bridgehead atoms. The van der Waals surface area contributed by atoms with E-state index in [0.717, 1.165) is 5.56 Å². The normalized spacial score (nSPS) is 10.0. The maximum Gasteiger partial charge on any atom is 0.342 e. The van der Waals surface area contributed by atoms with Crippen molar-refractivity contribution in [1.29, 1.82) is 0 Å². The third-order valence-corrected chi connectivity index (χ3v) is 2.65. The third-order valence-electron chi connectivity index (χ3n) is 2.65. The molecule has 7 nitrogen and oxygen atoms in total. The highest BCUT2D eigenvalue weighted by atomic mass is 16.6. The standard InChI is InChI=1S/C13H11N3O4/c17-13(18)10-4-1-5-11(12(10)16(19)20)15-8-9-3-2-6-14-7-9/h1-7,15H,8H2,(H,17,18). The van der Waals surface area contributed by atoms with Gasteiger partial charge in [0.2, 0.25) is 0 Å². The summed E-state index contributed by atoms with van der Waals surface area (Å²) in [6.45, 7) is 0.317. The van der Waals surface area contributed by atoms with Crippen LogP contribution in [-0.4, -0.2) is 21.0 Å². The molecule has 0 atom stereocenters. The molecule has 0 unspecified atom stereocenters. The Labute approximate surface area is 114 Å². The third kappa shape index (κ3) is 2.89. The van der Waals surface area contributed by atoms with Gasteiger partial charge in [-0.05, 0) is 23.8 Å². The van der Waals surface area contributed by atoms with Crippen molar-refractivity contribution in [2.75, 3.05) is 5.32 Å². The molecule has 0 aliphatic rings. The van der Waals surface area contributed by atoms with Crippen LogP contribution in [0.15, 0.2) is 42.7 Å². The van der Waals surface area contributed by atoms with E-state index in [1.54, 1.807) is 18.5 Å². The number of rotatable bonds is 5. The van der Waals surface area contributed by atoms with Gasteiger partial charge in [-0.1, -0.05) is 12.1 Å². The van der Waals surface area contributed by atoms with Crippen LogP contribution in [0.2, 0.25) is 0 Å². The second-order valence-corrected chi connectivity index (χ2v) is 3.98. The maximum absolute atomic E-state index is 11.0. The van der Waals surface area contributed by atoms with E-state index in [-0.39, 0.29) is 11.3 Å². The number of pyridine rings is 1. The van der Waals surface area contributed by atoms with E-state index in [1.165, 1.54) is 18.2 Å². The molecule has 0 fully saturated rings. The molecule has 20 heavy (non-hydrogen) atoms. The Hall–Kier alpha value is -2.96. The number of carbonyl (C=O) groups is 1. The lowest BCUT2D eigenvalue weighted by molar-refractivity contribution is -0.384. The fraction of sp³-hybridized carbons (Fsp3) is 0.0769. The van der Waals surface area contributed by atoms with Crippen molar-refractivity contribution in [3.8, 4) is 0 Å². The Morgan fingerprint density at radius 2 is 2.15 bits per heavy atom. The number of aromatic nitrogens is 1. The summed E-state index contributed by atoms with van der Waals surface area (Å²) in [4.78, 5) is 25.3. The number of nitro benzene ring substituents is 1. The first-order chi connectivity index (χ1) is 9.59. The summed E-state index contributed by atoms with van der Waals surface area (Å²) < 4.78 is 0. The van der Waals surface area contributed by atoms with Crippen molar-refractivity contribution in [2.45, 2.75) is 6.54 Å². The van der Waals surface area contributed by atoms with E-state index in [4.69, 9.17) is 5.11 Å². The molecule has 102 valence electrons. The van der Waals surface area contributed by atoms with E-state index >= 15 is 0 Å². The van der Waals surface area contributed by atoms with Gasteiger partial charge in [-0.2, -0.15) is 0 Å². The number of carboxylic acid groups (broad SMARTS) is 1. The quantitative estimate of drug-likeness (QED) is 0.639. The monoisotopic (exact) mass is 273 g/mol. The van der Waals surface area contributed by atoms with Gasteiger partial charge >= 0.3 is 11.7 Å². The van der Waals surface area contributed by atoms with Crippen LogP contribution >= 0.6 is 0 Å². The molecular weight excluding hydrogens is 262 g/mol. The summed E-state index contributed by atoms with van der Waals surface area (Å²) in [6, 6.07) is 7.70. The minimum absolute atomic E-state index is 0.166. The number of hydrogen-bond donors (Lipinski definition) is 2. The molecule has 0 saturated heterocycles. The summed E-state index contributed by atoms with van der Waals surface area (Å²) in [5.41, 5.74) is 0.219. The van der Waals surface area contributed by atoms with Crippen LogP contribution in [0.5, 0.6) is 0 Å². The van der Waals surface area contributed by atoms with Crippen molar-refractivity contribution in [3.05, 3.63) is 64.0 Å². The highest BCUT2D eigenvalue weighted by molar-refractivity contribution is 5.95. The molecule has 0 aliphatic carbocycles. The number of anilines is 1. The molecule has 0 aliphatic heterocycles. The van der Waals surface area contributed by atoms with Gasteiger partial charge in [-0.15, -0.1) is 0 Å². The number of aromatic carboxylic acids is 1. The summed E-state index contributed by atoms with van der Waals surface area (Å²) in [6.07, 6.45) is 3.25. The summed E-state index contributed by atoms with van der Waals surface area (Å²) in [5.74, 6) is -1.33. The van der Waals surface area contributed by atoms with Gasteiger partial charge in [0.1, 0.15) is 11.3 Å².